The second kappa shape index (κ2) is 7.41. The Balaban J connectivity index is 2.51. The fourth-order valence-electron chi connectivity index (χ4n) is 1.44. The molecule has 0 aliphatic heterocycles. The second-order valence-corrected chi connectivity index (χ2v) is 6.22. The summed E-state index contributed by atoms with van der Waals surface area (Å²) in [6.45, 7) is 1.53. The Kier molecular flexibility index (Phi) is 6.16. The molecule has 21 heavy (non-hydrogen) atoms. The monoisotopic (exact) mass is 324 g/mol. The molecule has 118 valence electrons. The summed E-state index contributed by atoms with van der Waals surface area (Å²) in [5, 5.41) is 2.19. The number of sulfonamides is 1. The minimum absolute atomic E-state index is 0.0134. The third kappa shape index (κ3) is 5.01. The fourth-order valence-corrected chi connectivity index (χ4v) is 2.10. The number of hydrogen-bond donors (Lipinski definition) is 2. The predicted molar refractivity (Wildman–Crippen MR) is 70.7 cm³/mol. The van der Waals surface area contributed by atoms with E-state index in [1.54, 1.807) is 0 Å². The van der Waals surface area contributed by atoms with Gasteiger partial charge >= 0.3 is 0 Å². The maximum Gasteiger partial charge on any atom is 0.257 e. The van der Waals surface area contributed by atoms with Crippen LogP contribution in [0.1, 0.15) is 23.7 Å². The molecule has 9 heteroatoms. The molecule has 0 unspecified atom stereocenters. The SMILES string of the molecule is CCS(=O)(=O)NCCCNC(=O)c1c(F)ccc(F)c1F. The van der Waals surface area contributed by atoms with Crippen molar-refractivity contribution in [2.45, 2.75) is 13.3 Å². The summed E-state index contributed by atoms with van der Waals surface area (Å²) >= 11 is 0. The molecule has 1 amide bonds. The van der Waals surface area contributed by atoms with Gasteiger partial charge in [-0.05, 0) is 25.5 Å². The standard InChI is InChI=1S/C12H15F3N2O3S/c1-2-21(19,20)17-7-3-6-16-12(18)10-8(13)4-5-9(14)11(10)15/h4-5,17H,2-3,6-7H2,1H3,(H,16,18). The van der Waals surface area contributed by atoms with Gasteiger partial charge in [-0.2, -0.15) is 0 Å². The van der Waals surface area contributed by atoms with E-state index < -0.39 is 38.9 Å². The first-order valence-electron chi connectivity index (χ1n) is 6.17. The number of carbonyl (C=O) groups is 1. The van der Waals surface area contributed by atoms with Gasteiger partial charge in [0.25, 0.3) is 5.91 Å². The van der Waals surface area contributed by atoms with Crippen LogP contribution < -0.4 is 10.0 Å². The molecule has 0 aromatic heterocycles. The van der Waals surface area contributed by atoms with Gasteiger partial charge in [-0.25, -0.2) is 26.3 Å². The Morgan fingerprint density at radius 1 is 1.14 bits per heavy atom. The molecule has 0 spiro atoms. The lowest BCUT2D eigenvalue weighted by atomic mass is 10.1. The van der Waals surface area contributed by atoms with E-state index in [4.69, 9.17) is 0 Å². The summed E-state index contributed by atoms with van der Waals surface area (Å²) in [6, 6.07) is 1.24. The Labute approximate surface area is 120 Å². The van der Waals surface area contributed by atoms with Crippen molar-refractivity contribution in [1.82, 2.24) is 10.0 Å². The zero-order valence-electron chi connectivity index (χ0n) is 11.3. The van der Waals surface area contributed by atoms with Crippen molar-refractivity contribution in [3.05, 3.63) is 35.1 Å². The highest BCUT2D eigenvalue weighted by Gasteiger charge is 2.20. The summed E-state index contributed by atoms with van der Waals surface area (Å²) in [5.74, 6) is -5.21. The van der Waals surface area contributed by atoms with Crippen molar-refractivity contribution in [1.29, 1.82) is 0 Å². The third-order valence-electron chi connectivity index (χ3n) is 2.61. The van der Waals surface area contributed by atoms with Gasteiger partial charge in [-0.1, -0.05) is 0 Å². The molecule has 0 aliphatic rings. The van der Waals surface area contributed by atoms with Crippen molar-refractivity contribution in [3.8, 4) is 0 Å². The Morgan fingerprint density at radius 2 is 1.76 bits per heavy atom. The minimum Gasteiger partial charge on any atom is -0.352 e. The van der Waals surface area contributed by atoms with Gasteiger partial charge in [0.15, 0.2) is 11.6 Å². The van der Waals surface area contributed by atoms with Gasteiger partial charge in [0, 0.05) is 13.1 Å². The molecule has 2 N–H and O–H groups in total. The fraction of sp³-hybridized carbons (Fsp3) is 0.417. The maximum absolute atomic E-state index is 13.3. The molecule has 1 rings (SSSR count). The maximum atomic E-state index is 13.3. The highest BCUT2D eigenvalue weighted by Crippen LogP contribution is 2.15. The first kappa shape index (κ1) is 17.4. The lowest BCUT2D eigenvalue weighted by Crippen LogP contribution is -2.31. The molecular weight excluding hydrogens is 309 g/mol. The highest BCUT2D eigenvalue weighted by molar-refractivity contribution is 7.89. The Hall–Kier alpha value is -1.61. The summed E-state index contributed by atoms with van der Waals surface area (Å²) in [7, 11) is -3.32. The minimum atomic E-state index is -3.32. The number of nitrogens with one attached hydrogen (secondary N) is 2. The smallest absolute Gasteiger partial charge is 0.257 e. The van der Waals surface area contributed by atoms with Crippen molar-refractivity contribution < 1.29 is 26.4 Å². The molecule has 5 nitrogen and oxygen atoms in total. The predicted octanol–water partition coefficient (Wildman–Crippen LogP) is 1.16. The average molecular weight is 324 g/mol. The molecule has 0 radical (unpaired) electrons. The first-order chi connectivity index (χ1) is 9.78. The number of carbonyl (C=O) groups excluding carboxylic acids is 1. The van der Waals surface area contributed by atoms with Crippen LogP contribution in [0.5, 0.6) is 0 Å². The van der Waals surface area contributed by atoms with Crippen LogP contribution in [0.3, 0.4) is 0 Å². The third-order valence-corrected chi connectivity index (χ3v) is 4.02. The van der Waals surface area contributed by atoms with Crippen LogP contribution in [0.4, 0.5) is 13.2 Å². The average Bonchev–Trinajstić information content (AvgIpc) is 2.43. The quantitative estimate of drug-likeness (QED) is 0.584. The zero-order chi connectivity index (χ0) is 16.0. The number of amides is 1. The molecule has 1 aromatic rings. The van der Waals surface area contributed by atoms with Crippen LogP contribution in [0, 0.1) is 17.5 Å². The number of hydrogen-bond acceptors (Lipinski definition) is 3. The van der Waals surface area contributed by atoms with Gasteiger partial charge in [-0.3, -0.25) is 4.79 Å². The summed E-state index contributed by atoms with van der Waals surface area (Å²) in [5.41, 5.74) is -0.996. The van der Waals surface area contributed by atoms with Crippen molar-refractivity contribution >= 4 is 15.9 Å². The van der Waals surface area contributed by atoms with E-state index in [0.717, 1.165) is 0 Å². The molecule has 0 heterocycles. The summed E-state index contributed by atoms with van der Waals surface area (Å²) in [4.78, 5) is 11.6. The molecule has 0 aliphatic carbocycles. The lowest BCUT2D eigenvalue weighted by Gasteiger charge is -2.08. The molecule has 0 saturated heterocycles. The van der Waals surface area contributed by atoms with Gasteiger partial charge in [0.2, 0.25) is 10.0 Å². The number of halogens is 3. The Morgan fingerprint density at radius 3 is 2.38 bits per heavy atom. The van der Waals surface area contributed by atoms with Crippen molar-refractivity contribution in [2.75, 3.05) is 18.8 Å². The second-order valence-electron chi connectivity index (χ2n) is 4.13. The molecule has 0 fully saturated rings. The van der Waals surface area contributed by atoms with E-state index in [-0.39, 0.29) is 25.3 Å². The highest BCUT2D eigenvalue weighted by atomic mass is 32.2. The first-order valence-corrected chi connectivity index (χ1v) is 7.82. The number of benzene rings is 1. The normalized spacial score (nSPS) is 11.4. The van der Waals surface area contributed by atoms with Crippen LogP contribution in [0.15, 0.2) is 12.1 Å². The zero-order valence-corrected chi connectivity index (χ0v) is 12.1. The van der Waals surface area contributed by atoms with Crippen LogP contribution in [-0.4, -0.2) is 33.2 Å². The molecule has 0 atom stereocenters. The molecule has 0 saturated carbocycles. The van der Waals surface area contributed by atoms with Crippen LogP contribution in [0.2, 0.25) is 0 Å². The largest absolute Gasteiger partial charge is 0.352 e. The topological polar surface area (TPSA) is 75.3 Å². The van der Waals surface area contributed by atoms with Crippen LogP contribution in [0.25, 0.3) is 0 Å². The van der Waals surface area contributed by atoms with E-state index in [1.807, 2.05) is 0 Å². The van der Waals surface area contributed by atoms with Gasteiger partial charge in [0.1, 0.15) is 11.4 Å². The molecule has 1 aromatic carbocycles. The van der Waals surface area contributed by atoms with Gasteiger partial charge in [0.05, 0.1) is 5.75 Å². The van der Waals surface area contributed by atoms with Crippen molar-refractivity contribution in [3.63, 3.8) is 0 Å². The number of rotatable bonds is 7. The van der Waals surface area contributed by atoms with E-state index >= 15 is 0 Å². The van der Waals surface area contributed by atoms with Crippen LogP contribution >= 0.6 is 0 Å². The van der Waals surface area contributed by atoms with E-state index in [1.165, 1.54) is 6.92 Å². The summed E-state index contributed by atoms with van der Waals surface area (Å²) < 4.78 is 64.0. The molecule has 0 bridgehead atoms. The lowest BCUT2D eigenvalue weighted by molar-refractivity contribution is 0.0944. The van der Waals surface area contributed by atoms with Crippen molar-refractivity contribution in [2.24, 2.45) is 0 Å². The van der Waals surface area contributed by atoms with Gasteiger partial charge in [-0.15, -0.1) is 0 Å². The van der Waals surface area contributed by atoms with Gasteiger partial charge < -0.3 is 5.32 Å². The van der Waals surface area contributed by atoms with Crippen LogP contribution in [-0.2, 0) is 10.0 Å². The molecular formula is C12H15F3N2O3S. The van der Waals surface area contributed by atoms with E-state index in [0.29, 0.717) is 12.1 Å². The van der Waals surface area contributed by atoms with E-state index in [9.17, 15) is 26.4 Å². The summed E-state index contributed by atoms with van der Waals surface area (Å²) in [6.07, 6.45) is 0.226. The van der Waals surface area contributed by atoms with E-state index in [2.05, 4.69) is 10.0 Å². The Bertz CT molecular complexity index is 620.